The summed E-state index contributed by atoms with van der Waals surface area (Å²) in [6.45, 7) is 4.33. The van der Waals surface area contributed by atoms with Crippen LogP contribution in [-0.2, 0) is 0 Å². The third-order valence-electron chi connectivity index (χ3n) is 3.42. The largest absolute Gasteiger partial charge is 0.497 e. The summed E-state index contributed by atoms with van der Waals surface area (Å²) in [4.78, 5) is 0. The molecule has 2 N–H and O–H groups in total. The summed E-state index contributed by atoms with van der Waals surface area (Å²) in [6, 6.07) is 13.8. The van der Waals surface area contributed by atoms with Crippen LogP contribution in [-0.4, -0.2) is 19.3 Å². The fourth-order valence-electron chi connectivity index (χ4n) is 2.15. The molecule has 0 bridgehead atoms. The first-order chi connectivity index (χ1) is 11.0. The highest BCUT2D eigenvalue weighted by Crippen LogP contribution is 2.26. The zero-order valence-electron chi connectivity index (χ0n) is 13.8. The Morgan fingerprint density at radius 2 is 1.52 bits per heavy atom. The van der Waals surface area contributed by atoms with E-state index in [0.717, 1.165) is 11.4 Å². The molecule has 4 nitrogen and oxygen atoms in total. The van der Waals surface area contributed by atoms with Gasteiger partial charge in [-0.1, -0.05) is 26.0 Å². The third kappa shape index (κ3) is 4.86. The molecule has 0 saturated carbocycles. The Balaban J connectivity index is 2.09. The van der Waals surface area contributed by atoms with E-state index in [4.69, 9.17) is 21.7 Å². The number of thiocarbonyl (C=S) groups is 1. The number of methoxy groups -OCH3 is 2. The molecule has 5 heteroatoms. The van der Waals surface area contributed by atoms with Crippen LogP contribution in [0.3, 0.4) is 0 Å². The maximum atomic E-state index is 5.38. The average Bonchev–Trinajstić information content (AvgIpc) is 2.54. The molecule has 0 atom stereocenters. The van der Waals surface area contributed by atoms with Gasteiger partial charge < -0.3 is 20.1 Å². The molecule has 0 heterocycles. The Kier molecular flexibility index (Phi) is 5.82. The zero-order valence-corrected chi connectivity index (χ0v) is 14.7. The highest BCUT2D eigenvalue weighted by Gasteiger charge is 2.05. The van der Waals surface area contributed by atoms with Crippen molar-refractivity contribution < 1.29 is 9.47 Å². The minimum Gasteiger partial charge on any atom is -0.497 e. The van der Waals surface area contributed by atoms with Gasteiger partial charge in [0.15, 0.2) is 5.11 Å². The lowest BCUT2D eigenvalue weighted by Crippen LogP contribution is -2.19. The molecule has 0 aliphatic carbocycles. The lowest BCUT2D eigenvalue weighted by atomic mass is 10.0. The van der Waals surface area contributed by atoms with Crippen LogP contribution in [0.4, 0.5) is 11.4 Å². The number of nitrogens with one attached hydrogen (secondary N) is 2. The molecule has 0 fully saturated rings. The fourth-order valence-corrected chi connectivity index (χ4v) is 2.38. The van der Waals surface area contributed by atoms with Crippen molar-refractivity contribution in [1.82, 2.24) is 0 Å². The molecular formula is C18H22N2O2S. The molecule has 2 rings (SSSR count). The second-order valence-corrected chi connectivity index (χ2v) is 5.87. The first-order valence-corrected chi connectivity index (χ1v) is 7.83. The minimum absolute atomic E-state index is 0.473. The van der Waals surface area contributed by atoms with E-state index in [-0.39, 0.29) is 0 Å². The number of hydrogen-bond acceptors (Lipinski definition) is 3. The molecule has 122 valence electrons. The van der Waals surface area contributed by atoms with Crippen LogP contribution >= 0.6 is 12.2 Å². The van der Waals surface area contributed by atoms with Crippen LogP contribution in [0.15, 0.2) is 42.5 Å². The highest BCUT2D eigenvalue weighted by molar-refractivity contribution is 7.80. The van der Waals surface area contributed by atoms with Gasteiger partial charge in [0.1, 0.15) is 11.5 Å². The summed E-state index contributed by atoms with van der Waals surface area (Å²) < 4.78 is 10.5. The summed E-state index contributed by atoms with van der Waals surface area (Å²) in [6.07, 6.45) is 0. The molecule has 0 unspecified atom stereocenters. The van der Waals surface area contributed by atoms with Gasteiger partial charge in [-0.15, -0.1) is 0 Å². The quantitative estimate of drug-likeness (QED) is 0.782. The van der Waals surface area contributed by atoms with E-state index >= 15 is 0 Å². The van der Waals surface area contributed by atoms with Crippen LogP contribution < -0.4 is 20.1 Å². The highest BCUT2D eigenvalue weighted by atomic mass is 32.1. The van der Waals surface area contributed by atoms with Gasteiger partial charge in [0.05, 0.1) is 14.2 Å². The van der Waals surface area contributed by atoms with Gasteiger partial charge in [-0.3, -0.25) is 0 Å². The van der Waals surface area contributed by atoms with Crippen LogP contribution in [0.25, 0.3) is 0 Å². The monoisotopic (exact) mass is 330 g/mol. The van der Waals surface area contributed by atoms with Crippen molar-refractivity contribution in [2.75, 3.05) is 24.9 Å². The van der Waals surface area contributed by atoms with Crippen molar-refractivity contribution in [1.29, 1.82) is 0 Å². The minimum atomic E-state index is 0.473. The Hall–Kier alpha value is -2.27. The molecule has 2 aromatic carbocycles. The van der Waals surface area contributed by atoms with Gasteiger partial charge in [-0.25, -0.2) is 0 Å². The number of anilines is 2. The Labute approximate surface area is 142 Å². The summed E-state index contributed by atoms with van der Waals surface area (Å²) in [5.41, 5.74) is 3.03. The molecular weight excluding hydrogens is 308 g/mol. The number of hydrogen-bond donors (Lipinski definition) is 2. The molecule has 0 aliphatic rings. The lowest BCUT2D eigenvalue weighted by molar-refractivity contribution is 0.395. The average molecular weight is 330 g/mol. The molecule has 23 heavy (non-hydrogen) atoms. The first-order valence-electron chi connectivity index (χ1n) is 7.43. The van der Waals surface area contributed by atoms with Crippen molar-refractivity contribution in [3.63, 3.8) is 0 Å². The summed E-state index contributed by atoms with van der Waals surface area (Å²) >= 11 is 5.38. The number of benzene rings is 2. The van der Waals surface area contributed by atoms with Crippen LogP contribution in [0, 0.1) is 0 Å². The van der Waals surface area contributed by atoms with Gasteiger partial charge in [0, 0.05) is 29.6 Å². The maximum absolute atomic E-state index is 5.38. The van der Waals surface area contributed by atoms with E-state index in [1.807, 2.05) is 30.3 Å². The SMILES string of the molecule is COc1cc(NC(=S)Nc2cccc(C(C)C)c2)cc(OC)c1. The van der Waals surface area contributed by atoms with Gasteiger partial charge in [-0.05, 0) is 35.8 Å². The molecule has 0 aromatic heterocycles. The molecule has 2 aromatic rings. The van der Waals surface area contributed by atoms with Gasteiger partial charge in [-0.2, -0.15) is 0 Å². The Morgan fingerprint density at radius 3 is 2.09 bits per heavy atom. The molecule has 0 aliphatic heterocycles. The Bertz CT molecular complexity index is 664. The number of rotatable bonds is 5. The van der Waals surface area contributed by atoms with Crippen LogP contribution in [0.5, 0.6) is 11.5 Å². The smallest absolute Gasteiger partial charge is 0.175 e. The first kappa shape index (κ1) is 17.1. The third-order valence-corrected chi connectivity index (χ3v) is 3.62. The summed E-state index contributed by atoms with van der Waals surface area (Å²) in [7, 11) is 3.24. The van der Waals surface area contributed by atoms with E-state index in [2.05, 4.69) is 36.6 Å². The van der Waals surface area contributed by atoms with E-state index in [9.17, 15) is 0 Å². The van der Waals surface area contributed by atoms with Gasteiger partial charge in [0.2, 0.25) is 0 Å². The van der Waals surface area contributed by atoms with Crippen molar-refractivity contribution in [2.45, 2.75) is 19.8 Å². The van der Waals surface area contributed by atoms with E-state index in [1.165, 1.54) is 5.56 Å². The topological polar surface area (TPSA) is 42.5 Å². The lowest BCUT2D eigenvalue weighted by Gasteiger charge is -2.14. The fraction of sp³-hybridized carbons (Fsp3) is 0.278. The Morgan fingerprint density at radius 1 is 0.913 bits per heavy atom. The van der Waals surface area contributed by atoms with E-state index in [1.54, 1.807) is 14.2 Å². The van der Waals surface area contributed by atoms with Crippen molar-refractivity contribution >= 4 is 28.7 Å². The van der Waals surface area contributed by atoms with Crippen LogP contribution in [0.2, 0.25) is 0 Å². The van der Waals surface area contributed by atoms with E-state index in [0.29, 0.717) is 22.5 Å². The van der Waals surface area contributed by atoms with Crippen molar-refractivity contribution in [3.05, 3.63) is 48.0 Å². The predicted molar refractivity (Wildman–Crippen MR) is 99.9 cm³/mol. The number of ether oxygens (including phenoxy) is 2. The normalized spacial score (nSPS) is 10.3. The van der Waals surface area contributed by atoms with Crippen molar-refractivity contribution in [3.8, 4) is 11.5 Å². The standard InChI is InChI=1S/C18H22N2O2S/c1-12(2)13-6-5-7-14(8-13)19-18(23)20-15-9-16(21-3)11-17(10-15)22-4/h5-12H,1-4H3,(H2,19,20,23). The predicted octanol–water partition coefficient (Wildman–Crippen LogP) is 4.64. The molecule has 0 spiro atoms. The van der Waals surface area contributed by atoms with E-state index < -0.39 is 0 Å². The summed E-state index contributed by atoms with van der Waals surface area (Å²) in [5, 5.41) is 6.86. The summed E-state index contributed by atoms with van der Waals surface area (Å²) in [5.74, 6) is 1.88. The van der Waals surface area contributed by atoms with Crippen LogP contribution in [0.1, 0.15) is 25.3 Å². The maximum Gasteiger partial charge on any atom is 0.175 e. The molecule has 0 radical (unpaired) electrons. The molecule has 0 amide bonds. The van der Waals surface area contributed by atoms with Gasteiger partial charge in [0.25, 0.3) is 0 Å². The zero-order chi connectivity index (χ0) is 16.8. The second kappa shape index (κ2) is 7.83. The molecule has 0 saturated heterocycles. The van der Waals surface area contributed by atoms with Crippen molar-refractivity contribution in [2.24, 2.45) is 0 Å². The van der Waals surface area contributed by atoms with Gasteiger partial charge >= 0.3 is 0 Å². The second-order valence-electron chi connectivity index (χ2n) is 5.46.